The summed E-state index contributed by atoms with van der Waals surface area (Å²) in [4.78, 5) is 24.2. The zero-order valence-corrected chi connectivity index (χ0v) is 13.2. The molecule has 0 unspecified atom stereocenters. The number of halogens is 2. The van der Waals surface area contributed by atoms with E-state index in [9.17, 15) is 18.4 Å². The number of alkyl halides is 2. The predicted octanol–water partition coefficient (Wildman–Crippen LogP) is 2.47. The van der Waals surface area contributed by atoms with Crippen LogP contribution in [0.4, 0.5) is 8.78 Å². The van der Waals surface area contributed by atoms with Crippen LogP contribution in [0.25, 0.3) is 0 Å². The second-order valence-electron chi connectivity index (χ2n) is 6.53. The molecule has 0 spiro atoms. The highest BCUT2D eigenvalue weighted by atomic mass is 19.3. The van der Waals surface area contributed by atoms with Crippen molar-refractivity contribution in [3.63, 3.8) is 0 Å². The van der Waals surface area contributed by atoms with Gasteiger partial charge < -0.3 is 15.4 Å². The van der Waals surface area contributed by atoms with E-state index < -0.39 is 12.5 Å². The van der Waals surface area contributed by atoms with Gasteiger partial charge in [0.1, 0.15) is 5.75 Å². The fourth-order valence-electron chi connectivity index (χ4n) is 3.82. The predicted molar refractivity (Wildman–Crippen MR) is 82.9 cm³/mol. The van der Waals surface area contributed by atoms with Gasteiger partial charge in [-0.1, -0.05) is 12.1 Å². The topological polar surface area (TPSA) is 67.4 Å². The minimum Gasteiger partial charge on any atom is -0.434 e. The normalized spacial score (nSPS) is 24.9. The molecule has 1 aromatic carbocycles. The average Bonchev–Trinajstić information content (AvgIpc) is 3.12. The molecule has 130 valence electrons. The number of carbonyl (C=O) groups is 2. The molecule has 2 N–H and O–H groups in total. The molecule has 3 rings (SSSR count). The van der Waals surface area contributed by atoms with Gasteiger partial charge in [0.15, 0.2) is 0 Å². The summed E-state index contributed by atoms with van der Waals surface area (Å²) in [5, 5.41) is 5.50. The van der Waals surface area contributed by atoms with Crippen molar-refractivity contribution in [1.82, 2.24) is 10.6 Å². The van der Waals surface area contributed by atoms with Crippen LogP contribution in [0.2, 0.25) is 0 Å². The Morgan fingerprint density at radius 2 is 1.96 bits per heavy atom. The molecule has 2 bridgehead atoms. The van der Waals surface area contributed by atoms with E-state index in [0.29, 0.717) is 5.92 Å². The lowest BCUT2D eigenvalue weighted by molar-refractivity contribution is -0.122. The second-order valence-corrected chi connectivity index (χ2v) is 6.53. The first-order chi connectivity index (χ1) is 11.5. The van der Waals surface area contributed by atoms with Crippen LogP contribution in [0.5, 0.6) is 5.75 Å². The molecule has 2 fully saturated rings. The van der Waals surface area contributed by atoms with Crippen LogP contribution in [-0.4, -0.2) is 30.5 Å². The third kappa shape index (κ3) is 3.66. The van der Waals surface area contributed by atoms with Crippen molar-refractivity contribution < 1.29 is 23.1 Å². The standard InChI is InChI=1S/C17H20F2N2O3/c18-16(19)24-13-4-2-1-3-12(13)15(23)20-10-14(22)21-17-7-5-11(9-17)6-8-17/h1-4,11,16H,5-10H2,(H,20,23)(H,21,22). The smallest absolute Gasteiger partial charge is 0.387 e. The monoisotopic (exact) mass is 338 g/mol. The Balaban J connectivity index is 1.55. The lowest BCUT2D eigenvalue weighted by Crippen LogP contribution is -2.48. The highest BCUT2D eigenvalue weighted by Gasteiger charge is 2.45. The molecule has 0 atom stereocenters. The Kier molecular flexibility index (Phi) is 4.69. The van der Waals surface area contributed by atoms with Crippen LogP contribution in [0.1, 0.15) is 42.5 Å². The first-order valence-electron chi connectivity index (χ1n) is 8.10. The molecule has 2 amide bonds. The molecule has 0 radical (unpaired) electrons. The largest absolute Gasteiger partial charge is 0.434 e. The Labute approximate surface area is 138 Å². The summed E-state index contributed by atoms with van der Waals surface area (Å²) in [6.45, 7) is -3.20. The highest BCUT2D eigenvalue weighted by molar-refractivity contribution is 5.98. The zero-order valence-electron chi connectivity index (χ0n) is 13.2. The van der Waals surface area contributed by atoms with Crippen molar-refractivity contribution in [2.75, 3.05) is 6.54 Å². The molecule has 2 aliphatic rings. The molecule has 1 aromatic rings. The van der Waals surface area contributed by atoms with Gasteiger partial charge in [0, 0.05) is 5.54 Å². The van der Waals surface area contributed by atoms with Gasteiger partial charge >= 0.3 is 6.61 Å². The van der Waals surface area contributed by atoms with Gasteiger partial charge in [-0.25, -0.2) is 0 Å². The van der Waals surface area contributed by atoms with Crippen molar-refractivity contribution in [3.8, 4) is 5.75 Å². The van der Waals surface area contributed by atoms with E-state index in [1.165, 1.54) is 18.2 Å². The second kappa shape index (κ2) is 6.75. The third-order valence-electron chi connectivity index (χ3n) is 4.90. The van der Waals surface area contributed by atoms with E-state index in [1.807, 2.05) is 0 Å². The summed E-state index contributed by atoms with van der Waals surface area (Å²) < 4.78 is 29.1. The fourth-order valence-corrected chi connectivity index (χ4v) is 3.82. The minimum absolute atomic E-state index is 0.0226. The van der Waals surface area contributed by atoms with Crippen molar-refractivity contribution in [3.05, 3.63) is 29.8 Å². The molecule has 0 saturated heterocycles. The maximum absolute atomic E-state index is 12.4. The number of hydrogen-bond donors (Lipinski definition) is 2. The number of nitrogens with one attached hydrogen (secondary N) is 2. The van der Waals surface area contributed by atoms with Crippen LogP contribution in [-0.2, 0) is 4.79 Å². The lowest BCUT2D eigenvalue weighted by atomic mass is 9.94. The zero-order chi connectivity index (χ0) is 17.2. The Morgan fingerprint density at radius 1 is 1.25 bits per heavy atom. The van der Waals surface area contributed by atoms with Crippen LogP contribution < -0.4 is 15.4 Å². The quantitative estimate of drug-likeness (QED) is 0.837. The van der Waals surface area contributed by atoms with Crippen LogP contribution in [0.3, 0.4) is 0 Å². The lowest BCUT2D eigenvalue weighted by Gasteiger charge is -2.28. The summed E-state index contributed by atoms with van der Waals surface area (Å²) >= 11 is 0. The Hall–Kier alpha value is -2.18. The van der Waals surface area contributed by atoms with Gasteiger partial charge in [-0.2, -0.15) is 8.78 Å². The molecule has 0 aromatic heterocycles. The van der Waals surface area contributed by atoms with E-state index in [1.54, 1.807) is 6.07 Å². The SMILES string of the molecule is O=C(CNC(=O)c1ccccc1OC(F)F)NC12CCC(CC1)C2. The maximum atomic E-state index is 12.4. The van der Waals surface area contributed by atoms with E-state index in [4.69, 9.17) is 0 Å². The third-order valence-corrected chi connectivity index (χ3v) is 4.90. The number of rotatable bonds is 6. The first kappa shape index (κ1) is 16.7. The van der Waals surface area contributed by atoms with E-state index in [2.05, 4.69) is 15.4 Å². The van der Waals surface area contributed by atoms with Crippen molar-refractivity contribution in [2.24, 2.45) is 5.92 Å². The number of ether oxygens (including phenoxy) is 1. The van der Waals surface area contributed by atoms with Gasteiger partial charge in [0.2, 0.25) is 5.91 Å². The minimum atomic E-state index is -3.01. The molecule has 5 nitrogen and oxygen atoms in total. The van der Waals surface area contributed by atoms with Gasteiger partial charge in [0.25, 0.3) is 5.91 Å². The summed E-state index contributed by atoms with van der Waals surface area (Å²) in [7, 11) is 0. The van der Waals surface area contributed by atoms with Crippen LogP contribution >= 0.6 is 0 Å². The Morgan fingerprint density at radius 3 is 2.58 bits per heavy atom. The van der Waals surface area contributed by atoms with E-state index in [0.717, 1.165) is 32.1 Å². The number of fused-ring (bicyclic) bond motifs is 2. The summed E-state index contributed by atoms with van der Waals surface area (Å²) in [5.41, 5.74) is -0.131. The fraction of sp³-hybridized carbons (Fsp3) is 0.529. The summed E-state index contributed by atoms with van der Waals surface area (Å²) in [6, 6.07) is 5.71. The average molecular weight is 338 g/mol. The van der Waals surface area contributed by atoms with Gasteiger partial charge in [-0.3, -0.25) is 9.59 Å². The summed E-state index contributed by atoms with van der Waals surface area (Å²) in [5.74, 6) is -0.371. The highest BCUT2D eigenvalue weighted by Crippen LogP contribution is 2.47. The molecule has 2 aliphatic carbocycles. The maximum Gasteiger partial charge on any atom is 0.387 e. The number of benzene rings is 1. The Bertz CT molecular complexity index is 628. The van der Waals surface area contributed by atoms with Gasteiger partial charge in [-0.05, 0) is 50.2 Å². The first-order valence-corrected chi connectivity index (χ1v) is 8.10. The summed E-state index contributed by atoms with van der Waals surface area (Å²) in [6.07, 6.45) is 5.28. The number of para-hydroxylation sites is 1. The van der Waals surface area contributed by atoms with Gasteiger partial charge in [0.05, 0.1) is 12.1 Å². The molecule has 7 heteroatoms. The molecule has 24 heavy (non-hydrogen) atoms. The van der Waals surface area contributed by atoms with Crippen LogP contribution in [0, 0.1) is 5.92 Å². The molecule has 0 aliphatic heterocycles. The van der Waals surface area contributed by atoms with Crippen molar-refractivity contribution in [2.45, 2.75) is 44.3 Å². The number of carbonyl (C=O) groups excluding carboxylic acids is 2. The van der Waals surface area contributed by atoms with Crippen LogP contribution in [0.15, 0.2) is 24.3 Å². The van der Waals surface area contributed by atoms with E-state index in [-0.39, 0.29) is 29.3 Å². The molecular formula is C17H20F2N2O3. The van der Waals surface area contributed by atoms with Gasteiger partial charge in [-0.15, -0.1) is 0 Å². The van der Waals surface area contributed by atoms with E-state index >= 15 is 0 Å². The molecule has 0 heterocycles. The molecular weight excluding hydrogens is 318 g/mol. The number of hydrogen-bond acceptors (Lipinski definition) is 3. The molecule has 2 saturated carbocycles. The van der Waals surface area contributed by atoms with Crippen molar-refractivity contribution in [1.29, 1.82) is 0 Å². The van der Waals surface area contributed by atoms with Crippen molar-refractivity contribution >= 4 is 11.8 Å². The number of amides is 2.